The van der Waals surface area contributed by atoms with Gasteiger partial charge >= 0.3 is 0 Å². The number of hydrogen-bond acceptors (Lipinski definition) is 4. The Bertz CT molecular complexity index is 382. The van der Waals surface area contributed by atoms with E-state index in [0.717, 1.165) is 18.5 Å². The molecule has 0 aliphatic carbocycles. The first-order chi connectivity index (χ1) is 7.35. The molecule has 0 spiro atoms. The van der Waals surface area contributed by atoms with E-state index in [4.69, 9.17) is 5.26 Å². The van der Waals surface area contributed by atoms with E-state index in [-0.39, 0.29) is 0 Å². The van der Waals surface area contributed by atoms with E-state index in [9.17, 15) is 0 Å². The fraction of sp³-hybridized carbons (Fsp3) is 0.455. The van der Waals surface area contributed by atoms with Crippen LogP contribution in [0.4, 0.5) is 0 Å². The highest BCUT2D eigenvalue weighted by molar-refractivity contribution is 5.30. The van der Waals surface area contributed by atoms with E-state index >= 15 is 0 Å². The molecule has 1 aliphatic rings. The monoisotopic (exact) mass is 202 g/mol. The van der Waals surface area contributed by atoms with Crippen LogP contribution in [0.3, 0.4) is 0 Å². The van der Waals surface area contributed by atoms with Gasteiger partial charge in [-0.25, -0.2) is 5.01 Å². The molecule has 0 amide bonds. The van der Waals surface area contributed by atoms with Gasteiger partial charge in [-0.1, -0.05) is 0 Å². The van der Waals surface area contributed by atoms with Gasteiger partial charge in [-0.2, -0.15) is 5.26 Å². The summed E-state index contributed by atoms with van der Waals surface area (Å²) in [7, 11) is 1.93. The van der Waals surface area contributed by atoms with E-state index in [1.165, 1.54) is 6.42 Å². The highest BCUT2D eigenvalue weighted by atomic mass is 15.5. The van der Waals surface area contributed by atoms with Crippen molar-refractivity contribution in [1.29, 1.82) is 5.26 Å². The topological polar surface area (TPSA) is 52.0 Å². The maximum absolute atomic E-state index is 8.81. The molecule has 0 saturated carbocycles. The van der Waals surface area contributed by atoms with E-state index in [0.29, 0.717) is 11.6 Å². The lowest BCUT2D eigenvalue weighted by molar-refractivity contribution is 0.190. The van der Waals surface area contributed by atoms with E-state index in [1.54, 1.807) is 6.20 Å². The summed E-state index contributed by atoms with van der Waals surface area (Å²) < 4.78 is 0. The van der Waals surface area contributed by atoms with Crippen molar-refractivity contribution >= 4 is 0 Å². The number of hydrazine groups is 1. The molecule has 1 unspecified atom stereocenters. The van der Waals surface area contributed by atoms with Crippen LogP contribution in [0.5, 0.6) is 0 Å². The van der Waals surface area contributed by atoms with Crippen molar-refractivity contribution in [1.82, 2.24) is 15.4 Å². The fourth-order valence-corrected chi connectivity index (χ4v) is 2.08. The zero-order valence-electron chi connectivity index (χ0n) is 8.77. The summed E-state index contributed by atoms with van der Waals surface area (Å²) in [5.41, 5.74) is 4.93. The number of rotatable bonds is 2. The number of aromatic nitrogens is 1. The zero-order chi connectivity index (χ0) is 10.7. The Morgan fingerprint density at radius 3 is 3.20 bits per heavy atom. The minimum Gasteiger partial charge on any atom is -0.263 e. The molecule has 1 saturated heterocycles. The van der Waals surface area contributed by atoms with Gasteiger partial charge < -0.3 is 0 Å². The Balaban J connectivity index is 2.25. The Kier molecular flexibility index (Phi) is 2.95. The Morgan fingerprint density at radius 1 is 1.60 bits per heavy atom. The largest absolute Gasteiger partial charge is 0.263 e. The van der Waals surface area contributed by atoms with Crippen molar-refractivity contribution in [2.24, 2.45) is 0 Å². The van der Waals surface area contributed by atoms with Gasteiger partial charge in [-0.05, 0) is 31.5 Å². The predicted octanol–water partition coefficient (Wildman–Crippen LogP) is 1.22. The summed E-state index contributed by atoms with van der Waals surface area (Å²) >= 11 is 0. The number of pyridine rings is 1. The molecule has 1 fully saturated rings. The Labute approximate surface area is 89.5 Å². The van der Waals surface area contributed by atoms with Crippen molar-refractivity contribution in [3.8, 4) is 6.07 Å². The van der Waals surface area contributed by atoms with Crippen LogP contribution in [0.2, 0.25) is 0 Å². The second-order valence-electron chi connectivity index (χ2n) is 3.69. The maximum atomic E-state index is 8.81. The molecular formula is C11H14N4. The van der Waals surface area contributed by atoms with Gasteiger partial charge in [-0.15, -0.1) is 0 Å². The highest BCUT2D eigenvalue weighted by Gasteiger charge is 2.25. The molecule has 4 heteroatoms. The van der Waals surface area contributed by atoms with Crippen LogP contribution in [0.1, 0.15) is 30.0 Å². The van der Waals surface area contributed by atoms with Crippen LogP contribution >= 0.6 is 0 Å². The van der Waals surface area contributed by atoms with Gasteiger partial charge in [0.25, 0.3) is 0 Å². The van der Waals surface area contributed by atoms with E-state index in [2.05, 4.69) is 21.5 Å². The molecule has 2 heterocycles. The highest BCUT2D eigenvalue weighted by Crippen LogP contribution is 2.29. The first kappa shape index (κ1) is 10.1. The molecule has 1 atom stereocenters. The molecule has 0 aromatic carbocycles. The molecule has 0 bridgehead atoms. The maximum Gasteiger partial charge on any atom is 0.101 e. The van der Waals surface area contributed by atoms with Crippen LogP contribution in [0.15, 0.2) is 18.5 Å². The second-order valence-corrected chi connectivity index (χ2v) is 3.69. The summed E-state index contributed by atoms with van der Waals surface area (Å²) in [6.45, 7) is 1.05. The molecule has 0 radical (unpaired) electrons. The smallest absolute Gasteiger partial charge is 0.101 e. The lowest BCUT2D eigenvalue weighted by Crippen LogP contribution is -2.34. The standard InChI is InChI=1S/C11H14N4/c1-13-15-4-2-3-11(15)10-5-9(6-12)7-14-8-10/h5,7-8,11,13H,2-4H2,1H3. The summed E-state index contributed by atoms with van der Waals surface area (Å²) in [4.78, 5) is 4.09. The van der Waals surface area contributed by atoms with E-state index in [1.807, 2.05) is 19.3 Å². The third-order valence-electron chi connectivity index (χ3n) is 2.81. The first-order valence-electron chi connectivity index (χ1n) is 5.14. The van der Waals surface area contributed by atoms with Gasteiger partial charge in [0, 0.05) is 18.9 Å². The third kappa shape index (κ3) is 1.99. The molecule has 15 heavy (non-hydrogen) atoms. The quantitative estimate of drug-likeness (QED) is 0.783. The molecular weight excluding hydrogens is 188 g/mol. The minimum atomic E-state index is 0.357. The molecule has 2 rings (SSSR count). The summed E-state index contributed by atoms with van der Waals surface area (Å²) in [6.07, 6.45) is 5.75. The SMILES string of the molecule is CNN1CCCC1c1cncc(C#N)c1. The third-order valence-corrected chi connectivity index (χ3v) is 2.81. The molecule has 78 valence electrons. The van der Waals surface area contributed by atoms with Crippen molar-refractivity contribution in [3.63, 3.8) is 0 Å². The first-order valence-corrected chi connectivity index (χ1v) is 5.14. The molecule has 1 aromatic heterocycles. The minimum absolute atomic E-state index is 0.357. The van der Waals surface area contributed by atoms with Crippen LogP contribution in [0, 0.1) is 11.3 Å². The summed E-state index contributed by atoms with van der Waals surface area (Å²) in [5.74, 6) is 0. The second kappa shape index (κ2) is 4.39. The van der Waals surface area contributed by atoms with Crippen molar-refractivity contribution in [2.45, 2.75) is 18.9 Å². The lowest BCUT2D eigenvalue weighted by atomic mass is 10.1. The number of nitrogens with one attached hydrogen (secondary N) is 1. The van der Waals surface area contributed by atoms with Crippen molar-refractivity contribution in [2.75, 3.05) is 13.6 Å². The number of hydrogen-bond donors (Lipinski definition) is 1. The number of nitriles is 1. The normalized spacial score (nSPS) is 21.5. The average molecular weight is 202 g/mol. The number of nitrogens with zero attached hydrogens (tertiary/aromatic N) is 3. The van der Waals surface area contributed by atoms with Crippen molar-refractivity contribution < 1.29 is 0 Å². The molecule has 1 aliphatic heterocycles. The molecule has 1 aromatic rings. The Hall–Kier alpha value is -1.44. The van der Waals surface area contributed by atoms with Gasteiger partial charge in [0.05, 0.1) is 11.6 Å². The zero-order valence-corrected chi connectivity index (χ0v) is 8.77. The average Bonchev–Trinajstić information content (AvgIpc) is 2.77. The molecule has 4 nitrogen and oxygen atoms in total. The van der Waals surface area contributed by atoms with Gasteiger partial charge in [0.15, 0.2) is 0 Å². The molecule has 1 N–H and O–H groups in total. The van der Waals surface area contributed by atoms with E-state index < -0.39 is 0 Å². The van der Waals surface area contributed by atoms with Crippen LogP contribution in [0.25, 0.3) is 0 Å². The van der Waals surface area contributed by atoms with Crippen LogP contribution < -0.4 is 5.43 Å². The van der Waals surface area contributed by atoms with Gasteiger partial charge in [0.1, 0.15) is 6.07 Å². The Morgan fingerprint density at radius 2 is 2.47 bits per heavy atom. The summed E-state index contributed by atoms with van der Waals surface area (Å²) in [6, 6.07) is 4.40. The van der Waals surface area contributed by atoms with Crippen LogP contribution in [-0.2, 0) is 0 Å². The van der Waals surface area contributed by atoms with Gasteiger partial charge in [0.2, 0.25) is 0 Å². The van der Waals surface area contributed by atoms with Gasteiger partial charge in [-0.3, -0.25) is 10.4 Å². The lowest BCUT2D eigenvalue weighted by Gasteiger charge is -2.23. The predicted molar refractivity (Wildman–Crippen MR) is 56.7 cm³/mol. The fourth-order valence-electron chi connectivity index (χ4n) is 2.08. The van der Waals surface area contributed by atoms with Crippen molar-refractivity contribution in [3.05, 3.63) is 29.6 Å². The summed E-state index contributed by atoms with van der Waals surface area (Å²) in [5, 5.41) is 11.0. The van der Waals surface area contributed by atoms with Crippen LogP contribution in [-0.4, -0.2) is 23.6 Å².